The van der Waals surface area contributed by atoms with E-state index in [1.54, 1.807) is 24.0 Å². The van der Waals surface area contributed by atoms with Gasteiger partial charge in [0.15, 0.2) is 0 Å². The number of fused-ring (bicyclic) bond motifs is 2. The lowest BCUT2D eigenvalue weighted by molar-refractivity contribution is 0.0255. The molecule has 0 unspecified atom stereocenters. The van der Waals surface area contributed by atoms with E-state index in [9.17, 15) is 5.26 Å². The van der Waals surface area contributed by atoms with E-state index in [0.717, 1.165) is 56.9 Å². The van der Waals surface area contributed by atoms with Crippen molar-refractivity contribution in [1.82, 2.24) is 19.7 Å². The summed E-state index contributed by atoms with van der Waals surface area (Å²) in [7, 11) is 0. The van der Waals surface area contributed by atoms with Crippen LogP contribution < -0.4 is 4.90 Å². The molecule has 8 heteroatoms. The van der Waals surface area contributed by atoms with Crippen molar-refractivity contribution in [2.75, 3.05) is 37.7 Å². The summed E-state index contributed by atoms with van der Waals surface area (Å²) in [6.07, 6.45) is 5.38. The van der Waals surface area contributed by atoms with Crippen molar-refractivity contribution in [3.8, 4) is 11.8 Å². The molecule has 35 heavy (non-hydrogen) atoms. The Hall–Kier alpha value is -3.25. The predicted octanol–water partition coefficient (Wildman–Crippen LogP) is 4.57. The molecule has 6 rings (SSSR count). The zero-order chi connectivity index (χ0) is 23.8. The number of nitrogens with zero attached hydrogens (tertiary/aromatic N) is 6. The Kier molecular flexibility index (Phi) is 5.98. The Morgan fingerprint density at radius 3 is 2.97 bits per heavy atom. The van der Waals surface area contributed by atoms with Gasteiger partial charge >= 0.3 is 0 Å². The number of piperazine rings is 1. The molecule has 0 spiro atoms. The maximum absolute atomic E-state index is 9.19. The first-order valence-corrected chi connectivity index (χ1v) is 13.1. The number of anilines is 1. The molecule has 0 amide bonds. The number of nitriles is 1. The van der Waals surface area contributed by atoms with E-state index in [-0.39, 0.29) is 6.10 Å². The highest BCUT2D eigenvalue weighted by Crippen LogP contribution is 2.35. The maximum atomic E-state index is 9.19. The molecule has 2 aliphatic rings. The fraction of sp³-hybridized carbons (Fsp3) is 0.370. The lowest BCUT2D eigenvalue weighted by Crippen LogP contribution is -2.52. The standard InChI is InChI=1S/C27H28N6OS/c1-19-15-32(25-16-35-27-12-20(14-28)2-4-24(25)27)10-9-31(19)8-6-26-23-5-3-22(33-18-29-17-30-33)13-21(23)7-11-34-26/h2-5,12-13,16-19,26H,6-11,15H2,1H3/t19-,26+/m1/s1. The molecule has 1 saturated heterocycles. The van der Waals surface area contributed by atoms with E-state index in [2.05, 4.69) is 62.5 Å². The first-order valence-electron chi connectivity index (χ1n) is 12.2. The van der Waals surface area contributed by atoms with Crippen LogP contribution in [0.25, 0.3) is 15.8 Å². The Bertz CT molecular complexity index is 1370. The average molecular weight is 485 g/mol. The minimum Gasteiger partial charge on any atom is -0.373 e. The van der Waals surface area contributed by atoms with Crippen molar-refractivity contribution in [1.29, 1.82) is 5.26 Å². The molecule has 0 aliphatic carbocycles. The summed E-state index contributed by atoms with van der Waals surface area (Å²) in [5.41, 5.74) is 5.75. The van der Waals surface area contributed by atoms with Crippen molar-refractivity contribution in [3.05, 3.63) is 71.1 Å². The molecule has 0 radical (unpaired) electrons. The first-order chi connectivity index (χ1) is 17.2. The van der Waals surface area contributed by atoms with Crippen molar-refractivity contribution < 1.29 is 4.74 Å². The lowest BCUT2D eigenvalue weighted by atomic mass is 9.94. The topological polar surface area (TPSA) is 70.2 Å². The largest absolute Gasteiger partial charge is 0.373 e. The Morgan fingerprint density at radius 2 is 2.14 bits per heavy atom. The molecule has 178 valence electrons. The average Bonchev–Trinajstić information content (AvgIpc) is 3.58. The van der Waals surface area contributed by atoms with Crippen LogP contribution in [0, 0.1) is 11.3 Å². The Morgan fingerprint density at radius 1 is 1.20 bits per heavy atom. The van der Waals surface area contributed by atoms with E-state index >= 15 is 0 Å². The van der Waals surface area contributed by atoms with Crippen LogP contribution >= 0.6 is 11.3 Å². The van der Waals surface area contributed by atoms with Crippen molar-refractivity contribution >= 4 is 27.1 Å². The zero-order valence-electron chi connectivity index (χ0n) is 19.8. The zero-order valence-corrected chi connectivity index (χ0v) is 20.6. The van der Waals surface area contributed by atoms with Gasteiger partial charge in [0.1, 0.15) is 12.7 Å². The SMILES string of the molecule is C[C@@H]1CN(c2csc3cc(C#N)ccc23)CCN1CC[C@@H]1OCCc2cc(-n3cncn3)ccc21. The molecule has 1 fully saturated rings. The number of hydrogen-bond acceptors (Lipinski definition) is 7. The van der Waals surface area contributed by atoms with Gasteiger partial charge in [-0.2, -0.15) is 10.4 Å². The van der Waals surface area contributed by atoms with Gasteiger partial charge in [-0.25, -0.2) is 9.67 Å². The minimum absolute atomic E-state index is 0.143. The third-order valence-electron chi connectivity index (χ3n) is 7.32. The number of hydrogen-bond donors (Lipinski definition) is 0. The van der Waals surface area contributed by atoms with Crippen LogP contribution in [0.4, 0.5) is 5.69 Å². The maximum Gasteiger partial charge on any atom is 0.138 e. The summed E-state index contributed by atoms with van der Waals surface area (Å²) in [5, 5.41) is 17.0. The molecule has 4 aromatic rings. The molecular weight excluding hydrogens is 456 g/mol. The molecular formula is C27H28N6OS. The van der Waals surface area contributed by atoms with Crippen LogP contribution in [-0.4, -0.2) is 58.5 Å². The second-order valence-corrected chi connectivity index (χ2v) is 10.3. The van der Waals surface area contributed by atoms with Crippen LogP contribution in [0.2, 0.25) is 0 Å². The highest BCUT2D eigenvalue weighted by atomic mass is 32.1. The summed E-state index contributed by atoms with van der Waals surface area (Å²) in [6.45, 7) is 7.18. The van der Waals surface area contributed by atoms with E-state index < -0.39 is 0 Å². The normalized spacial score (nSPS) is 20.6. The third-order valence-corrected chi connectivity index (χ3v) is 8.25. The summed E-state index contributed by atoms with van der Waals surface area (Å²) < 4.78 is 9.21. The molecule has 0 bridgehead atoms. The van der Waals surface area contributed by atoms with Gasteiger partial charge in [-0.1, -0.05) is 12.1 Å². The van der Waals surface area contributed by atoms with Gasteiger partial charge < -0.3 is 9.64 Å². The summed E-state index contributed by atoms with van der Waals surface area (Å²) in [6, 6.07) is 15.3. The summed E-state index contributed by atoms with van der Waals surface area (Å²) in [5.74, 6) is 0. The van der Waals surface area contributed by atoms with E-state index in [0.29, 0.717) is 6.04 Å². The first kappa shape index (κ1) is 22.2. The van der Waals surface area contributed by atoms with E-state index in [4.69, 9.17) is 4.74 Å². The van der Waals surface area contributed by atoms with Gasteiger partial charge in [0, 0.05) is 47.7 Å². The summed E-state index contributed by atoms with van der Waals surface area (Å²) in [4.78, 5) is 9.17. The van der Waals surface area contributed by atoms with E-state index in [1.807, 2.05) is 16.8 Å². The molecule has 0 saturated carbocycles. The monoisotopic (exact) mass is 484 g/mol. The molecule has 0 N–H and O–H groups in total. The Labute approximate surface area is 209 Å². The number of rotatable bonds is 5. The van der Waals surface area contributed by atoms with Crippen molar-refractivity contribution in [2.45, 2.75) is 31.9 Å². The lowest BCUT2D eigenvalue weighted by Gasteiger charge is -2.41. The van der Waals surface area contributed by atoms with Crippen LogP contribution in [0.5, 0.6) is 0 Å². The van der Waals surface area contributed by atoms with Gasteiger partial charge in [-0.3, -0.25) is 4.90 Å². The minimum atomic E-state index is 0.143. The molecule has 4 heterocycles. The van der Waals surface area contributed by atoms with Crippen LogP contribution in [0.15, 0.2) is 54.4 Å². The van der Waals surface area contributed by atoms with Crippen molar-refractivity contribution in [2.24, 2.45) is 0 Å². The van der Waals surface area contributed by atoms with E-state index in [1.165, 1.54) is 26.9 Å². The van der Waals surface area contributed by atoms with Crippen LogP contribution in [-0.2, 0) is 11.2 Å². The van der Waals surface area contributed by atoms with Gasteiger partial charge in [0.2, 0.25) is 0 Å². The molecule has 2 atom stereocenters. The molecule has 2 aliphatic heterocycles. The third kappa shape index (κ3) is 4.31. The highest BCUT2D eigenvalue weighted by molar-refractivity contribution is 7.17. The fourth-order valence-corrected chi connectivity index (χ4v) is 6.41. The molecule has 2 aromatic carbocycles. The number of aromatic nitrogens is 3. The second-order valence-electron chi connectivity index (χ2n) is 9.40. The fourth-order valence-electron chi connectivity index (χ4n) is 5.40. The second kappa shape index (κ2) is 9.42. The predicted molar refractivity (Wildman–Crippen MR) is 138 cm³/mol. The van der Waals surface area contributed by atoms with Gasteiger partial charge in [0.05, 0.1) is 35.7 Å². The number of thiophene rings is 1. The Balaban J connectivity index is 1.10. The van der Waals surface area contributed by atoms with Crippen LogP contribution in [0.3, 0.4) is 0 Å². The van der Waals surface area contributed by atoms with Gasteiger partial charge in [-0.05, 0) is 55.2 Å². The summed E-state index contributed by atoms with van der Waals surface area (Å²) >= 11 is 1.73. The smallest absolute Gasteiger partial charge is 0.138 e. The molecule has 2 aromatic heterocycles. The van der Waals surface area contributed by atoms with Crippen LogP contribution in [0.1, 0.15) is 36.1 Å². The quantitative estimate of drug-likeness (QED) is 0.413. The van der Waals surface area contributed by atoms with Gasteiger partial charge in [0.25, 0.3) is 0 Å². The number of benzene rings is 2. The van der Waals surface area contributed by atoms with Gasteiger partial charge in [-0.15, -0.1) is 11.3 Å². The highest BCUT2D eigenvalue weighted by Gasteiger charge is 2.28. The van der Waals surface area contributed by atoms with Crippen molar-refractivity contribution in [3.63, 3.8) is 0 Å². The number of ether oxygens (including phenoxy) is 1. The molecule has 7 nitrogen and oxygen atoms in total.